The maximum atomic E-state index is 4.08. The van der Waals surface area contributed by atoms with Crippen molar-refractivity contribution in [3.63, 3.8) is 0 Å². The molecule has 0 heterocycles. The summed E-state index contributed by atoms with van der Waals surface area (Å²) in [6.45, 7) is 17.5. The highest BCUT2D eigenvalue weighted by atomic mass is 15.1. The molecule has 0 amide bonds. The highest BCUT2D eigenvalue weighted by Gasteiger charge is 2.37. The predicted octanol–water partition coefficient (Wildman–Crippen LogP) is 19.2. The summed E-state index contributed by atoms with van der Waals surface area (Å²) in [5.74, 6) is 0. The topological polar surface area (TPSA) is 6.48 Å². The lowest BCUT2D eigenvalue weighted by molar-refractivity contribution is 0.659. The van der Waals surface area contributed by atoms with E-state index in [1.165, 1.54) is 66.8 Å². The van der Waals surface area contributed by atoms with E-state index in [4.69, 9.17) is 0 Å². The maximum absolute atomic E-state index is 4.08. The van der Waals surface area contributed by atoms with E-state index in [2.05, 4.69) is 281 Å². The minimum Gasteiger partial charge on any atom is -0.311 e. The Hall–Kier alpha value is -8.72. The standard InChI is InChI=1S/C70H58N2/c1-7-18-55(8-2)71(56-19-12-9-13-20-56)59-37-29-49(30-38-59)25-27-51-33-41-61-63-43-35-53(47-67(63)69(3,4)65(61)45-51)54-36-44-64-62-42-34-52(46-66(62)70(5,6)68(64)48-54)28-26-50-31-39-60(40-32-50)72(57-21-14-10-15-22-57)58-23-16-11-17-24-58/h7-48H,1-2H2,3-6H3/b27-25+,28-26+,55-18+. The van der Waals surface area contributed by atoms with Gasteiger partial charge in [-0.25, -0.2) is 0 Å². The van der Waals surface area contributed by atoms with E-state index >= 15 is 0 Å². The summed E-state index contributed by atoms with van der Waals surface area (Å²) in [6, 6.07) is 77.1. The zero-order chi connectivity index (χ0) is 49.4. The minimum atomic E-state index is -0.155. The van der Waals surface area contributed by atoms with Crippen LogP contribution in [0.25, 0.3) is 57.7 Å². The van der Waals surface area contributed by atoms with E-state index < -0.39 is 0 Å². The van der Waals surface area contributed by atoms with Gasteiger partial charge >= 0.3 is 0 Å². The van der Waals surface area contributed by atoms with Crippen molar-refractivity contribution >= 4 is 52.7 Å². The number of nitrogens with zero attached hydrogens (tertiary/aromatic N) is 2. The van der Waals surface area contributed by atoms with Crippen LogP contribution in [0.2, 0.25) is 0 Å². The molecule has 9 aromatic rings. The monoisotopic (exact) mass is 926 g/mol. The summed E-state index contributed by atoms with van der Waals surface area (Å²) in [5.41, 5.74) is 24.2. The molecule has 0 spiro atoms. The van der Waals surface area contributed by atoms with Crippen molar-refractivity contribution in [2.24, 2.45) is 0 Å². The lowest BCUT2D eigenvalue weighted by Gasteiger charge is -2.26. The van der Waals surface area contributed by atoms with Gasteiger partial charge in [-0.1, -0.05) is 211 Å². The zero-order valence-electron chi connectivity index (χ0n) is 41.6. The molecular formula is C70H58N2. The summed E-state index contributed by atoms with van der Waals surface area (Å²) in [5, 5.41) is 0. The van der Waals surface area contributed by atoms with Gasteiger partial charge in [0.2, 0.25) is 0 Å². The second-order valence-corrected chi connectivity index (χ2v) is 19.9. The lowest BCUT2D eigenvalue weighted by Crippen LogP contribution is -2.15. The third-order valence-corrected chi connectivity index (χ3v) is 14.8. The van der Waals surface area contributed by atoms with Crippen LogP contribution in [0.15, 0.2) is 249 Å². The fourth-order valence-electron chi connectivity index (χ4n) is 10.9. The molecule has 0 saturated heterocycles. The number of anilines is 5. The summed E-state index contributed by atoms with van der Waals surface area (Å²) in [7, 11) is 0. The number of allylic oxidation sites excluding steroid dienone is 3. The van der Waals surface area contributed by atoms with Gasteiger partial charge in [0.05, 0.1) is 0 Å². The van der Waals surface area contributed by atoms with Gasteiger partial charge in [0.15, 0.2) is 0 Å². The minimum absolute atomic E-state index is 0.150. The molecule has 11 rings (SSSR count). The fraction of sp³-hybridized carbons (Fsp3) is 0.0857. The van der Waals surface area contributed by atoms with Crippen LogP contribution in [-0.2, 0) is 10.8 Å². The third-order valence-electron chi connectivity index (χ3n) is 14.8. The third kappa shape index (κ3) is 8.46. The molecule has 0 N–H and O–H groups in total. The molecule has 2 aliphatic rings. The van der Waals surface area contributed by atoms with Gasteiger partial charge in [-0.3, -0.25) is 0 Å². The first-order valence-corrected chi connectivity index (χ1v) is 25.0. The Balaban J connectivity index is 0.802. The highest BCUT2D eigenvalue weighted by Crippen LogP contribution is 2.52. The Morgan fingerprint density at radius 2 is 0.694 bits per heavy atom. The Morgan fingerprint density at radius 1 is 0.361 bits per heavy atom. The molecule has 348 valence electrons. The lowest BCUT2D eigenvalue weighted by atomic mass is 9.80. The van der Waals surface area contributed by atoms with Crippen LogP contribution in [0.3, 0.4) is 0 Å². The van der Waals surface area contributed by atoms with Crippen molar-refractivity contribution in [3.05, 3.63) is 294 Å². The van der Waals surface area contributed by atoms with Crippen LogP contribution in [0, 0.1) is 0 Å². The average molecular weight is 927 g/mol. The molecule has 72 heavy (non-hydrogen) atoms. The van der Waals surface area contributed by atoms with E-state index in [1.807, 2.05) is 18.2 Å². The normalized spacial score (nSPS) is 13.9. The van der Waals surface area contributed by atoms with Gasteiger partial charge in [-0.05, 0) is 163 Å². The first kappa shape index (κ1) is 45.7. The number of para-hydroxylation sites is 3. The van der Waals surface area contributed by atoms with Gasteiger partial charge in [0, 0.05) is 45.0 Å². The molecule has 2 nitrogen and oxygen atoms in total. The van der Waals surface area contributed by atoms with Gasteiger partial charge in [-0.15, -0.1) is 0 Å². The van der Waals surface area contributed by atoms with Crippen LogP contribution in [0.5, 0.6) is 0 Å². The Morgan fingerprint density at radius 3 is 1.11 bits per heavy atom. The molecule has 0 aliphatic heterocycles. The van der Waals surface area contributed by atoms with Gasteiger partial charge in [0.1, 0.15) is 0 Å². The van der Waals surface area contributed by atoms with E-state index in [0.29, 0.717) is 0 Å². The maximum Gasteiger partial charge on any atom is 0.0462 e. The van der Waals surface area contributed by atoms with E-state index in [9.17, 15) is 0 Å². The largest absolute Gasteiger partial charge is 0.311 e. The number of hydrogen-bond donors (Lipinski definition) is 0. The van der Waals surface area contributed by atoms with Gasteiger partial charge in [-0.2, -0.15) is 0 Å². The molecule has 0 bridgehead atoms. The smallest absolute Gasteiger partial charge is 0.0462 e. The van der Waals surface area contributed by atoms with E-state index in [1.54, 1.807) is 6.08 Å². The number of hydrogen-bond acceptors (Lipinski definition) is 2. The zero-order valence-corrected chi connectivity index (χ0v) is 41.6. The molecule has 0 aromatic heterocycles. The first-order chi connectivity index (χ1) is 35.1. The summed E-state index contributed by atoms with van der Waals surface area (Å²) in [6.07, 6.45) is 14.6. The number of rotatable bonds is 13. The second kappa shape index (κ2) is 18.9. The van der Waals surface area contributed by atoms with Crippen molar-refractivity contribution in [3.8, 4) is 33.4 Å². The van der Waals surface area contributed by atoms with Crippen molar-refractivity contribution in [1.82, 2.24) is 0 Å². The van der Waals surface area contributed by atoms with Crippen molar-refractivity contribution in [2.75, 3.05) is 9.80 Å². The van der Waals surface area contributed by atoms with E-state index in [0.717, 1.165) is 45.3 Å². The average Bonchev–Trinajstić information content (AvgIpc) is 3.79. The van der Waals surface area contributed by atoms with Crippen LogP contribution < -0.4 is 9.80 Å². The van der Waals surface area contributed by atoms with E-state index in [-0.39, 0.29) is 10.8 Å². The SMILES string of the molecule is C=C/C=C(\C=C)N(c1ccccc1)c1ccc(/C=C/c2ccc3c(c2)C(C)(C)c2cc(-c4ccc5c(c4)C(C)(C)c4cc(/C=C/c6ccc(N(c7ccccc7)c7ccccc7)cc6)ccc4-5)ccc2-3)cc1. The molecule has 0 saturated carbocycles. The van der Waals surface area contributed by atoms with Crippen molar-refractivity contribution in [1.29, 1.82) is 0 Å². The molecule has 0 radical (unpaired) electrons. The van der Waals surface area contributed by atoms with Crippen LogP contribution in [0.1, 0.15) is 72.2 Å². The molecule has 0 atom stereocenters. The van der Waals surface area contributed by atoms with Crippen molar-refractivity contribution < 1.29 is 0 Å². The predicted molar refractivity (Wildman–Crippen MR) is 309 cm³/mol. The quantitative estimate of drug-likeness (QED) is 0.0840. The van der Waals surface area contributed by atoms with Crippen LogP contribution >= 0.6 is 0 Å². The van der Waals surface area contributed by atoms with Gasteiger partial charge < -0.3 is 9.80 Å². The molecular weight excluding hydrogens is 869 g/mol. The Bertz CT molecular complexity index is 3530. The van der Waals surface area contributed by atoms with Crippen LogP contribution in [-0.4, -0.2) is 0 Å². The Labute approximate surface area is 426 Å². The molecule has 9 aromatic carbocycles. The summed E-state index contributed by atoms with van der Waals surface area (Å²) < 4.78 is 0. The van der Waals surface area contributed by atoms with Gasteiger partial charge in [0.25, 0.3) is 0 Å². The summed E-state index contributed by atoms with van der Waals surface area (Å²) >= 11 is 0. The number of fused-ring (bicyclic) bond motifs is 6. The molecule has 0 fully saturated rings. The molecule has 2 aliphatic carbocycles. The van der Waals surface area contributed by atoms with Crippen molar-refractivity contribution in [2.45, 2.75) is 38.5 Å². The highest BCUT2D eigenvalue weighted by molar-refractivity contribution is 5.89. The second-order valence-electron chi connectivity index (χ2n) is 19.9. The first-order valence-electron chi connectivity index (χ1n) is 25.0. The number of benzene rings is 9. The van der Waals surface area contributed by atoms with Crippen LogP contribution in [0.4, 0.5) is 28.4 Å². The molecule has 0 unspecified atom stereocenters. The fourth-order valence-corrected chi connectivity index (χ4v) is 10.9. The Kier molecular flexibility index (Phi) is 12.0. The molecule has 2 heteroatoms. The summed E-state index contributed by atoms with van der Waals surface area (Å²) in [4.78, 5) is 4.49.